The SMILES string of the molecule is CC[C@H](C(=O)N1CC(=O)Nc2ccc(Cl)cc2[C@@H]1c1ccccc1)c1ccccc1. The predicted octanol–water partition coefficient (Wildman–Crippen LogP) is 5.40. The minimum atomic E-state index is -0.413. The number of hydrogen-bond donors (Lipinski definition) is 1. The lowest BCUT2D eigenvalue weighted by atomic mass is 9.91. The van der Waals surface area contributed by atoms with Crippen molar-refractivity contribution in [2.45, 2.75) is 25.3 Å². The van der Waals surface area contributed by atoms with Crippen LogP contribution >= 0.6 is 11.6 Å². The summed E-state index contributed by atoms with van der Waals surface area (Å²) >= 11 is 6.32. The van der Waals surface area contributed by atoms with Gasteiger partial charge < -0.3 is 10.2 Å². The quantitative estimate of drug-likeness (QED) is 0.616. The Hall–Kier alpha value is -3.11. The summed E-state index contributed by atoms with van der Waals surface area (Å²) in [6.07, 6.45) is 0.644. The van der Waals surface area contributed by atoms with Gasteiger partial charge in [0, 0.05) is 16.3 Å². The maximum absolute atomic E-state index is 13.8. The van der Waals surface area contributed by atoms with Gasteiger partial charge in [-0.05, 0) is 35.7 Å². The van der Waals surface area contributed by atoms with E-state index in [0.717, 1.165) is 16.7 Å². The average molecular weight is 419 g/mol. The van der Waals surface area contributed by atoms with Crippen LogP contribution in [0.1, 0.15) is 42.0 Å². The Labute approximate surface area is 181 Å². The molecule has 0 fully saturated rings. The second kappa shape index (κ2) is 8.72. The van der Waals surface area contributed by atoms with Gasteiger partial charge in [0.1, 0.15) is 6.54 Å². The van der Waals surface area contributed by atoms with E-state index in [1.807, 2.05) is 73.7 Å². The van der Waals surface area contributed by atoms with Crippen molar-refractivity contribution < 1.29 is 9.59 Å². The fraction of sp³-hybridized carbons (Fsp3) is 0.200. The summed E-state index contributed by atoms with van der Waals surface area (Å²) in [5, 5.41) is 3.50. The lowest BCUT2D eigenvalue weighted by molar-refractivity contribution is -0.137. The minimum Gasteiger partial charge on any atom is -0.324 e. The molecule has 0 radical (unpaired) electrons. The number of benzene rings is 3. The molecule has 0 aliphatic carbocycles. The highest BCUT2D eigenvalue weighted by Crippen LogP contribution is 2.39. The summed E-state index contributed by atoms with van der Waals surface area (Å²) in [5.41, 5.74) is 3.39. The van der Waals surface area contributed by atoms with Gasteiger partial charge in [0.05, 0.1) is 12.0 Å². The second-order valence-corrected chi connectivity index (χ2v) is 7.87. The molecule has 1 aliphatic heterocycles. The van der Waals surface area contributed by atoms with Crippen molar-refractivity contribution in [3.8, 4) is 0 Å². The fourth-order valence-corrected chi connectivity index (χ4v) is 4.30. The van der Waals surface area contributed by atoms with Crippen molar-refractivity contribution in [3.05, 3.63) is 101 Å². The number of nitrogens with zero attached hydrogens (tertiary/aromatic N) is 1. The third-order valence-electron chi connectivity index (χ3n) is 5.51. The highest BCUT2D eigenvalue weighted by Gasteiger charge is 2.36. The number of carbonyl (C=O) groups excluding carboxylic acids is 2. The van der Waals surface area contributed by atoms with E-state index in [0.29, 0.717) is 17.1 Å². The van der Waals surface area contributed by atoms with Crippen molar-refractivity contribution in [2.24, 2.45) is 0 Å². The van der Waals surface area contributed by atoms with Crippen LogP contribution in [-0.2, 0) is 9.59 Å². The van der Waals surface area contributed by atoms with Crippen LogP contribution in [0.15, 0.2) is 78.9 Å². The molecule has 30 heavy (non-hydrogen) atoms. The molecule has 0 unspecified atom stereocenters. The Bertz CT molecular complexity index is 1050. The zero-order valence-corrected chi connectivity index (χ0v) is 17.5. The molecule has 5 heteroatoms. The zero-order chi connectivity index (χ0) is 21.1. The Kier molecular flexibility index (Phi) is 5.86. The summed E-state index contributed by atoms with van der Waals surface area (Å²) in [4.78, 5) is 28.2. The minimum absolute atomic E-state index is 0.0198. The maximum atomic E-state index is 13.8. The van der Waals surface area contributed by atoms with E-state index in [9.17, 15) is 9.59 Å². The highest BCUT2D eigenvalue weighted by molar-refractivity contribution is 6.30. The highest BCUT2D eigenvalue weighted by atomic mass is 35.5. The van der Waals surface area contributed by atoms with Crippen LogP contribution < -0.4 is 5.32 Å². The first-order valence-corrected chi connectivity index (χ1v) is 10.5. The topological polar surface area (TPSA) is 49.4 Å². The number of fused-ring (bicyclic) bond motifs is 1. The van der Waals surface area contributed by atoms with Gasteiger partial charge in [0.15, 0.2) is 0 Å². The fourth-order valence-electron chi connectivity index (χ4n) is 4.12. The van der Waals surface area contributed by atoms with Gasteiger partial charge in [-0.1, -0.05) is 79.2 Å². The van der Waals surface area contributed by atoms with Crippen LogP contribution in [0.4, 0.5) is 5.69 Å². The first-order valence-electron chi connectivity index (χ1n) is 10.1. The molecule has 1 N–H and O–H groups in total. The van der Waals surface area contributed by atoms with Crippen LogP contribution in [0.3, 0.4) is 0 Å². The molecule has 0 bridgehead atoms. The lowest BCUT2D eigenvalue weighted by Gasteiger charge is -2.33. The van der Waals surface area contributed by atoms with E-state index in [2.05, 4.69) is 5.32 Å². The normalized spacial score (nSPS) is 16.9. The van der Waals surface area contributed by atoms with Crippen molar-refractivity contribution in [1.82, 2.24) is 4.90 Å². The molecule has 4 rings (SSSR count). The smallest absolute Gasteiger partial charge is 0.244 e. The molecule has 3 aromatic carbocycles. The van der Waals surface area contributed by atoms with Crippen LogP contribution in [0.2, 0.25) is 5.02 Å². The van der Waals surface area contributed by atoms with Crippen molar-refractivity contribution in [2.75, 3.05) is 11.9 Å². The Balaban J connectivity index is 1.85. The average Bonchev–Trinajstić information content (AvgIpc) is 2.91. The first kappa shape index (κ1) is 20.2. The first-order chi connectivity index (χ1) is 14.6. The molecule has 3 aromatic rings. The van der Waals surface area contributed by atoms with Gasteiger partial charge in [-0.15, -0.1) is 0 Å². The molecule has 2 amide bonds. The lowest BCUT2D eigenvalue weighted by Crippen LogP contribution is -2.41. The Morgan fingerprint density at radius 1 is 1.07 bits per heavy atom. The van der Waals surface area contributed by atoms with Crippen LogP contribution in [0.25, 0.3) is 0 Å². The number of hydrogen-bond acceptors (Lipinski definition) is 2. The van der Waals surface area contributed by atoms with E-state index >= 15 is 0 Å². The standard InChI is InChI=1S/C25H23ClN2O2/c1-2-20(17-9-5-3-6-10-17)25(30)28-16-23(29)27-22-14-13-19(26)15-21(22)24(28)18-11-7-4-8-12-18/h3-15,20,24H,2,16H2,1H3,(H,27,29)/t20-,24-/m0/s1. The second-order valence-electron chi connectivity index (χ2n) is 7.43. The molecule has 0 spiro atoms. The van der Waals surface area contributed by atoms with E-state index in [-0.39, 0.29) is 24.3 Å². The van der Waals surface area contributed by atoms with Gasteiger partial charge in [0.2, 0.25) is 11.8 Å². The summed E-state index contributed by atoms with van der Waals surface area (Å²) in [5.74, 6) is -0.611. The third-order valence-corrected chi connectivity index (χ3v) is 5.75. The Morgan fingerprint density at radius 2 is 1.73 bits per heavy atom. The maximum Gasteiger partial charge on any atom is 0.244 e. The van der Waals surface area contributed by atoms with Gasteiger partial charge in [0.25, 0.3) is 0 Å². The molecule has 4 nitrogen and oxygen atoms in total. The van der Waals surface area contributed by atoms with Gasteiger partial charge in [-0.2, -0.15) is 0 Å². The molecule has 1 heterocycles. The number of nitrogens with one attached hydrogen (secondary N) is 1. The van der Waals surface area contributed by atoms with Crippen molar-refractivity contribution in [3.63, 3.8) is 0 Å². The van der Waals surface area contributed by atoms with Gasteiger partial charge in [-0.25, -0.2) is 0 Å². The summed E-state index contributed by atoms with van der Waals surface area (Å²) in [7, 11) is 0. The number of rotatable bonds is 4. The summed E-state index contributed by atoms with van der Waals surface area (Å²) in [6.45, 7) is 1.98. The molecular weight excluding hydrogens is 396 g/mol. The number of carbonyl (C=O) groups is 2. The van der Waals surface area contributed by atoms with E-state index in [1.165, 1.54) is 0 Å². The summed E-state index contributed by atoms with van der Waals surface area (Å²) in [6, 6.07) is 24.5. The monoisotopic (exact) mass is 418 g/mol. The van der Waals surface area contributed by atoms with Gasteiger partial charge in [-0.3, -0.25) is 9.59 Å². The van der Waals surface area contributed by atoms with Crippen molar-refractivity contribution in [1.29, 1.82) is 0 Å². The van der Waals surface area contributed by atoms with Crippen LogP contribution in [-0.4, -0.2) is 23.3 Å². The molecule has 1 aliphatic rings. The van der Waals surface area contributed by atoms with E-state index in [4.69, 9.17) is 11.6 Å². The number of amides is 2. The molecule has 152 valence electrons. The van der Waals surface area contributed by atoms with E-state index < -0.39 is 6.04 Å². The molecule has 0 saturated heterocycles. The van der Waals surface area contributed by atoms with Crippen LogP contribution in [0, 0.1) is 0 Å². The Morgan fingerprint density at radius 3 is 2.40 bits per heavy atom. The van der Waals surface area contributed by atoms with Crippen molar-refractivity contribution >= 4 is 29.1 Å². The van der Waals surface area contributed by atoms with Crippen LogP contribution in [0.5, 0.6) is 0 Å². The third kappa shape index (κ3) is 3.96. The molecule has 0 saturated carbocycles. The number of anilines is 1. The zero-order valence-electron chi connectivity index (χ0n) is 16.7. The summed E-state index contributed by atoms with van der Waals surface area (Å²) < 4.78 is 0. The number of halogens is 1. The molecule has 0 aromatic heterocycles. The molecule has 2 atom stereocenters. The van der Waals surface area contributed by atoms with E-state index in [1.54, 1.807) is 17.0 Å². The van der Waals surface area contributed by atoms with Gasteiger partial charge >= 0.3 is 0 Å². The predicted molar refractivity (Wildman–Crippen MR) is 120 cm³/mol. The largest absolute Gasteiger partial charge is 0.324 e. The molecular formula is C25H23ClN2O2.